The van der Waals surface area contributed by atoms with Gasteiger partial charge in [-0.2, -0.15) is 0 Å². The highest BCUT2D eigenvalue weighted by Gasteiger charge is 2.21. The fraction of sp³-hybridized carbons (Fsp3) is 0.600. The summed E-state index contributed by atoms with van der Waals surface area (Å²) >= 11 is 0. The van der Waals surface area contributed by atoms with Crippen molar-refractivity contribution in [2.45, 2.75) is 33.6 Å². The number of carboxylic acids is 1. The van der Waals surface area contributed by atoms with Gasteiger partial charge in [0.25, 0.3) is 0 Å². The summed E-state index contributed by atoms with van der Waals surface area (Å²) in [5, 5.41) is 8.84. The van der Waals surface area contributed by atoms with E-state index >= 15 is 0 Å². The van der Waals surface area contributed by atoms with Crippen molar-refractivity contribution in [3.8, 4) is 0 Å². The molecule has 0 aliphatic rings. The van der Waals surface area contributed by atoms with E-state index in [1.165, 1.54) is 0 Å². The number of hydrogen-bond acceptors (Lipinski definition) is 3. The van der Waals surface area contributed by atoms with Crippen LogP contribution in [0.4, 0.5) is 0 Å². The SMILES string of the molecule is CCOC(=O)C(C(=O)O)=C(CC)CC. The maximum atomic E-state index is 11.3. The highest BCUT2D eigenvalue weighted by molar-refractivity contribution is 6.13. The van der Waals surface area contributed by atoms with Crippen molar-refractivity contribution in [1.82, 2.24) is 0 Å². The van der Waals surface area contributed by atoms with E-state index in [0.29, 0.717) is 18.4 Å². The standard InChI is InChI=1S/C10H16O4/c1-4-7(5-2)8(9(11)12)10(13)14-6-3/h4-6H2,1-3H3,(H,11,12). The average molecular weight is 200 g/mol. The molecule has 1 N–H and O–H groups in total. The third kappa shape index (κ3) is 3.20. The van der Waals surface area contributed by atoms with E-state index in [1.54, 1.807) is 6.92 Å². The molecule has 0 unspecified atom stereocenters. The summed E-state index contributed by atoms with van der Waals surface area (Å²) in [5.74, 6) is -1.94. The first-order chi connectivity index (χ1) is 6.58. The summed E-state index contributed by atoms with van der Waals surface area (Å²) in [6.07, 6.45) is 1.11. The molecule has 0 saturated carbocycles. The van der Waals surface area contributed by atoms with Crippen LogP contribution < -0.4 is 0 Å². The molecule has 0 aromatic carbocycles. The summed E-state index contributed by atoms with van der Waals surface area (Å²) in [6.45, 7) is 5.48. The van der Waals surface area contributed by atoms with Gasteiger partial charge < -0.3 is 9.84 Å². The molecule has 0 saturated heterocycles. The molecule has 4 heteroatoms. The maximum Gasteiger partial charge on any atom is 0.345 e. The monoisotopic (exact) mass is 200 g/mol. The predicted molar refractivity (Wildman–Crippen MR) is 51.9 cm³/mol. The highest BCUT2D eigenvalue weighted by atomic mass is 16.5. The first-order valence-electron chi connectivity index (χ1n) is 4.70. The summed E-state index contributed by atoms with van der Waals surface area (Å²) in [4.78, 5) is 22.1. The molecule has 14 heavy (non-hydrogen) atoms. The summed E-state index contributed by atoms with van der Waals surface area (Å²) in [5.41, 5.74) is 0.410. The third-order valence-electron chi connectivity index (χ3n) is 1.90. The van der Waals surface area contributed by atoms with Crippen LogP contribution in [0.3, 0.4) is 0 Å². The number of carboxylic acid groups (broad SMARTS) is 1. The zero-order chi connectivity index (χ0) is 11.1. The zero-order valence-corrected chi connectivity index (χ0v) is 8.79. The van der Waals surface area contributed by atoms with Gasteiger partial charge in [0.1, 0.15) is 5.57 Å². The third-order valence-corrected chi connectivity index (χ3v) is 1.90. The van der Waals surface area contributed by atoms with Gasteiger partial charge in [-0.1, -0.05) is 13.8 Å². The van der Waals surface area contributed by atoms with E-state index in [4.69, 9.17) is 5.11 Å². The largest absolute Gasteiger partial charge is 0.477 e. The van der Waals surface area contributed by atoms with Gasteiger partial charge in [-0.25, -0.2) is 9.59 Å². The van der Waals surface area contributed by atoms with Crippen LogP contribution in [0.5, 0.6) is 0 Å². The fourth-order valence-corrected chi connectivity index (χ4v) is 1.19. The second-order valence-corrected chi connectivity index (χ2v) is 2.71. The molecular formula is C10H16O4. The van der Waals surface area contributed by atoms with Crippen molar-refractivity contribution >= 4 is 11.9 Å². The van der Waals surface area contributed by atoms with Crippen molar-refractivity contribution < 1.29 is 19.4 Å². The van der Waals surface area contributed by atoms with E-state index < -0.39 is 11.9 Å². The molecule has 0 aliphatic heterocycles. The molecule has 0 radical (unpaired) electrons. The number of esters is 1. The second kappa shape index (κ2) is 6.18. The highest BCUT2D eigenvalue weighted by Crippen LogP contribution is 2.14. The second-order valence-electron chi connectivity index (χ2n) is 2.71. The molecule has 0 aliphatic carbocycles. The molecule has 0 amide bonds. The van der Waals surface area contributed by atoms with E-state index in [9.17, 15) is 9.59 Å². The number of allylic oxidation sites excluding steroid dienone is 1. The van der Waals surface area contributed by atoms with Crippen LogP contribution in [0.1, 0.15) is 33.6 Å². The number of carbonyl (C=O) groups is 2. The van der Waals surface area contributed by atoms with Gasteiger partial charge in [-0.05, 0) is 25.3 Å². The number of hydrogen-bond donors (Lipinski definition) is 1. The van der Waals surface area contributed by atoms with Gasteiger partial charge in [0.15, 0.2) is 0 Å². The number of ether oxygens (including phenoxy) is 1. The van der Waals surface area contributed by atoms with Gasteiger partial charge in [-0.15, -0.1) is 0 Å². The quantitative estimate of drug-likeness (QED) is 0.318. The molecule has 0 aromatic heterocycles. The average Bonchev–Trinajstić information content (AvgIpc) is 2.13. The number of rotatable bonds is 5. The van der Waals surface area contributed by atoms with Crippen LogP contribution >= 0.6 is 0 Å². The smallest absolute Gasteiger partial charge is 0.345 e. The molecule has 0 heterocycles. The Labute approximate surface area is 83.6 Å². The van der Waals surface area contributed by atoms with Crippen LogP contribution in [-0.2, 0) is 14.3 Å². The molecule has 0 spiro atoms. The van der Waals surface area contributed by atoms with Gasteiger partial charge in [-0.3, -0.25) is 0 Å². The lowest BCUT2D eigenvalue weighted by atomic mass is 10.0. The Balaban J connectivity index is 5.01. The Kier molecular flexibility index (Phi) is 5.60. The van der Waals surface area contributed by atoms with E-state index in [1.807, 2.05) is 13.8 Å². The fourth-order valence-electron chi connectivity index (χ4n) is 1.19. The lowest BCUT2D eigenvalue weighted by Gasteiger charge is -2.07. The summed E-state index contributed by atoms with van der Waals surface area (Å²) in [7, 11) is 0. The Morgan fingerprint density at radius 3 is 1.93 bits per heavy atom. The van der Waals surface area contributed by atoms with E-state index in [0.717, 1.165) is 0 Å². The van der Waals surface area contributed by atoms with Gasteiger partial charge in [0.05, 0.1) is 6.61 Å². The van der Waals surface area contributed by atoms with Crippen molar-refractivity contribution in [3.05, 3.63) is 11.1 Å². The van der Waals surface area contributed by atoms with Crippen LogP contribution in [0.25, 0.3) is 0 Å². The predicted octanol–water partition coefficient (Wildman–Crippen LogP) is 1.75. The van der Waals surface area contributed by atoms with Crippen LogP contribution in [-0.4, -0.2) is 23.7 Å². The lowest BCUT2D eigenvalue weighted by molar-refractivity contribution is -0.144. The normalized spacial score (nSPS) is 9.36. The first-order valence-corrected chi connectivity index (χ1v) is 4.70. The topological polar surface area (TPSA) is 63.6 Å². The van der Waals surface area contributed by atoms with Crippen molar-refractivity contribution in [1.29, 1.82) is 0 Å². The molecule has 0 atom stereocenters. The minimum Gasteiger partial charge on any atom is -0.477 e. The molecule has 0 rings (SSSR count). The number of carbonyl (C=O) groups excluding carboxylic acids is 1. The molecule has 80 valence electrons. The Hall–Kier alpha value is -1.32. The Morgan fingerprint density at radius 1 is 1.14 bits per heavy atom. The molecule has 4 nitrogen and oxygen atoms in total. The molecule has 0 fully saturated rings. The summed E-state index contributed by atoms with van der Waals surface area (Å²) in [6, 6.07) is 0. The molecular weight excluding hydrogens is 184 g/mol. The van der Waals surface area contributed by atoms with Crippen LogP contribution in [0, 0.1) is 0 Å². The zero-order valence-electron chi connectivity index (χ0n) is 8.79. The maximum absolute atomic E-state index is 11.3. The van der Waals surface area contributed by atoms with Gasteiger partial charge in [0, 0.05) is 0 Å². The van der Waals surface area contributed by atoms with Crippen LogP contribution in [0.2, 0.25) is 0 Å². The summed E-state index contributed by atoms with van der Waals surface area (Å²) < 4.78 is 4.67. The minimum absolute atomic E-state index is 0.191. The van der Waals surface area contributed by atoms with Crippen molar-refractivity contribution in [2.75, 3.05) is 6.61 Å². The van der Waals surface area contributed by atoms with E-state index in [-0.39, 0.29) is 12.2 Å². The van der Waals surface area contributed by atoms with Crippen molar-refractivity contribution in [3.63, 3.8) is 0 Å². The Morgan fingerprint density at radius 2 is 1.64 bits per heavy atom. The minimum atomic E-state index is -1.21. The van der Waals surface area contributed by atoms with Gasteiger partial charge >= 0.3 is 11.9 Å². The molecule has 0 bridgehead atoms. The first kappa shape index (κ1) is 12.7. The number of aliphatic carboxylic acids is 1. The lowest BCUT2D eigenvalue weighted by Crippen LogP contribution is -2.17. The molecule has 0 aromatic rings. The van der Waals surface area contributed by atoms with Gasteiger partial charge in [0.2, 0.25) is 0 Å². The van der Waals surface area contributed by atoms with Crippen LogP contribution in [0.15, 0.2) is 11.1 Å². The Bertz CT molecular complexity index is 247. The van der Waals surface area contributed by atoms with Crippen molar-refractivity contribution in [2.24, 2.45) is 0 Å². The van der Waals surface area contributed by atoms with E-state index in [2.05, 4.69) is 4.74 Å².